The Bertz CT molecular complexity index is 971. The Balaban J connectivity index is 2.72. The normalized spacial score (nSPS) is 11.0. The Hall–Kier alpha value is -3.35. The molecule has 0 aliphatic carbocycles. The van der Waals surface area contributed by atoms with Crippen molar-refractivity contribution in [3.63, 3.8) is 0 Å². The molecular formula is C23H28N2O5. The number of benzene rings is 2. The van der Waals surface area contributed by atoms with E-state index in [4.69, 9.17) is 4.74 Å². The second-order valence-electron chi connectivity index (χ2n) is 8.20. The molecular weight excluding hydrogens is 384 g/mol. The fourth-order valence-corrected chi connectivity index (χ4v) is 3.35. The molecule has 0 heterocycles. The van der Waals surface area contributed by atoms with Gasteiger partial charge >= 0.3 is 6.09 Å². The predicted molar refractivity (Wildman–Crippen MR) is 114 cm³/mol. The highest BCUT2D eigenvalue weighted by atomic mass is 16.5. The van der Waals surface area contributed by atoms with Gasteiger partial charge in [0.25, 0.3) is 11.8 Å². The van der Waals surface area contributed by atoms with Crippen molar-refractivity contribution >= 4 is 17.9 Å². The number of imide groups is 1. The van der Waals surface area contributed by atoms with E-state index in [1.807, 2.05) is 19.9 Å². The standard InChI is InChI=1S/C23H28N2O5/c1-14-11-15(2)13-17(12-14)20(26)24(25(22(28)29)23(4,5)6)21(27)18-9-8-10-19(30-7)16(18)3/h8-13H,1-7H3,(H,28,29). The highest BCUT2D eigenvalue weighted by Crippen LogP contribution is 2.27. The monoisotopic (exact) mass is 412 g/mol. The molecule has 3 amide bonds. The first-order valence-electron chi connectivity index (χ1n) is 9.52. The van der Waals surface area contributed by atoms with Crippen LogP contribution in [0.1, 0.15) is 58.2 Å². The van der Waals surface area contributed by atoms with Gasteiger partial charge in [0, 0.05) is 16.7 Å². The number of carbonyl (C=O) groups is 3. The third-order valence-electron chi connectivity index (χ3n) is 4.60. The van der Waals surface area contributed by atoms with Crippen LogP contribution in [0.5, 0.6) is 5.75 Å². The van der Waals surface area contributed by atoms with Crippen LogP contribution in [-0.2, 0) is 0 Å². The molecule has 7 nitrogen and oxygen atoms in total. The summed E-state index contributed by atoms with van der Waals surface area (Å²) in [6, 6.07) is 10.0. The molecule has 160 valence electrons. The number of amides is 3. The first-order valence-corrected chi connectivity index (χ1v) is 9.52. The van der Waals surface area contributed by atoms with Crippen molar-refractivity contribution in [1.82, 2.24) is 10.0 Å². The van der Waals surface area contributed by atoms with E-state index in [9.17, 15) is 19.5 Å². The second-order valence-corrected chi connectivity index (χ2v) is 8.20. The van der Waals surface area contributed by atoms with Gasteiger partial charge in [0.15, 0.2) is 0 Å². The van der Waals surface area contributed by atoms with Crippen molar-refractivity contribution in [1.29, 1.82) is 0 Å². The van der Waals surface area contributed by atoms with Crippen molar-refractivity contribution < 1.29 is 24.2 Å². The zero-order valence-electron chi connectivity index (χ0n) is 18.4. The number of carbonyl (C=O) groups excluding carboxylic acids is 2. The van der Waals surface area contributed by atoms with Gasteiger partial charge in [0.2, 0.25) is 0 Å². The summed E-state index contributed by atoms with van der Waals surface area (Å²) in [6.07, 6.45) is -1.41. The van der Waals surface area contributed by atoms with Gasteiger partial charge < -0.3 is 9.84 Å². The third-order valence-corrected chi connectivity index (χ3v) is 4.60. The van der Waals surface area contributed by atoms with Crippen LogP contribution in [0.4, 0.5) is 4.79 Å². The summed E-state index contributed by atoms with van der Waals surface area (Å²) in [5.74, 6) is -0.989. The Kier molecular flexibility index (Phi) is 6.55. The van der Waals surface area contributed by atoms with Crippen molar-refractivity contribution in [2.24, 2.45) is 0 Å². The number of hydrazine groups is 1. The predicted octanol–water partition coefficient (Wildman–Crippen LogP) is 4.60. The van der Waals surface area contributed by atoms with Crippen LogP contribution in [0.15, 0.2) is 36.4 Å². The van der Waals surface area contributed by atoms with Crippen LogP contribution < -0.4 is 4.74 Å². The largest absolute Gasteiger partial charge is 0.496 e. The molecule has 7 heteroatoms. The van der Waals surface area contributed by atoms with Gasteiger partial charge in [-0.1, -0.05) is 23.3 Å². The van der Waals surface area contributed by atoms with Crippen LogP contribution in [0, 0.1) is 20.8 Å². The first kappa shape index (κ1) is 22.9. The van der Waals surface area contributed by atoms with Crippen LogP contribution in [0.2, 0.25) is 0 Å². The van der Waals surface area contributed by atoms with Crippen molar-refractivity contribution in [2.45, 2.75) is 47.1 Å². The fraction of sp³-hybridized carbons (Fsp3) is 0.348. The number of hydrogen-bond acceptors (Lipinski definition) is 4. The number of nitrogens with zero attached hydrogens (tertiary/aromatic N) is 2. The van der Waals surface area contributed by atoms with E-state index < -0.39 is 23.4 Å². The topological polar surface area (TPSA) is 87.2 Å². The molecule has 0 spiro atoms. The smallest absolute Gasteiger partial charge is 0.427 e. The van der Waals surface area contributed by atoms with E-state index in [0.717, 1.165) is 16.1 Å². The van der Waals surface area contributed by atoms with E-state index in [0.29, 0.717) is 16.3 Å². The highest BCUT2D eigenvalue weighted by molar-refractivity contribution is 6.11. The minimum absolute atomic E-state index is 0.183. The van der Waals surface area contributed by atoms with Gasteiger partial charge in [0.05, 0.1) is 12.6 Å². The van der Waals surface area contributed by atoms with Crippen molar-refractivity contribution in [3.05, 3.63) is 64.2 Å². The van der Waals surface area contributed by atoms with Gasteiger partial charge in [0.1, 0.15) is 5.75 Å². The SMILES string of the molecule is COc1cccc(C(=O)N(C(=O)c2cc(C)cc(C)c2)N(C(=O)O)C(C)(C)C)c1C. The second kappa shape index (κ2) is 8.57. The summed E-state index contributed by atoms with van der Waals surface area (Å²) in [7, 11) is 1.48. The lowest BCUT2D eigenvalue weighted by molar-refractivity contribution is -0.0335. The minimum Gasteiger partial charge on any atom is -0.496 e. The zero-order valence-corrected chi connectivity index (χ0v) is 18.4. The van der Waals surface area contributed by atoms with Crippen LogP contribution in [0.25, 0.3) is 0 Å². The fourth-order valence-electron chi connectivity index (χ4n) is 3.35. The van der Waals surface area contributed by atoms with Crippen molar-refractivity contribution in [2.75, 3.05) is 7.11 Å². The summed E-state index contributed by atoms with van der Waals surface area (Å²) in [5.41, 5.74) is 1.55. The van der Waals surface area contributed by atoms with E-state index in [1.165, 1.54) is 7.11 Å². The Morgan fingerprint density at radius 2 is 1.50 bits per heavy atom. The van der Waals surface area contributed by atoms with Crippen LogP contribution in [0.3, 0.4) is 0 Å². The number of aryl methyl sites for hydroxylation is 2. The van der Waals surface area contributed by atoms with Gasteiger partial charge in [-0.25, -0.2) is 9.80 Å². The maximum absolute atomic E-state index is 13.6. The number of methoxy groups -OCH3 is 1. The molecule has 0 atom stereocenters. The lowest BCUT2D eigenvalue weighted by Crippen LogP contribution is -2.59. The van der Waals surface area contributed by atoms with Gasteiger partial charge in [-0.05, 0) is 65.8 Å². The molecule has 2 aromatic carbocycles. The molecule has 0 bridgehead atoms. The van der Waals surface area contributed by atoms with Gasteiger partial charge in [-0.3, -0.25) is 9.59 Å². The Labute approximate surface area is 176 Å². The molecule has 0 aliphatic rings. The maximum atomic E-state index is 13.6. The number of ether oxygens (including phenoxy) is 1. The summed E-state index contributed by atoms with van der Waals surface area (Å²) >= 11 is 0. The average molecular weight is 412 g/mol. The van der Waals surface area contributed by atoms with Crippen molar-refractivity contribution in [3.8, 4) is 5.75 Å². The summed E-state index contributed by atoms with van der Waals surface area (Å²) in [4.78, 5) is 39.2. The molecule has 0 radical (unpaired) electrons. The van der Waals surface area contributed by atoms with E-state index in [1.54, 1.807) is 58.0 Å². The van der Waals surface area contributed by atoms with Gasteiger partial charge in [-0.15, -0.1) is 0 Å². The van der Waals surface area contributed by atoms with Crippen LogP contribution >= 0.6 is 0 Å². The quantitative estimate of drug-likeness (QED) is 0.588. The summed E-state index contributed by atoms with van der Waals surface area (Å²) in [6.45, 7) is 10.2. The minimum atomic E-state index is -1.41. The molecule has 2 rings (SSSR count). The molecule has 30 heavy (non-hydrogen) atoms. The molecule has 1 N–H and O–H groups in total. The first-order chi connectivity index (χ1) is 13.9. The third kappa shape index (κ3) is 4.62. The Morgan fingerprint density at radius 1 is 0.933 bits per heavy atom. The number of carboxylic acid groups (broad SMARTS) is 1. The summed E-state index contributed by atoms with van der Waals surface area (Å²) in [5, 5.41) is 11.4. The molecule has 0 saturated heterocycles. The molecule has 0 aliphatic heterocycles. The number of rotatable bonds is 3. The Morgan fingerprint density at radius 3 is 1.97 bits per heavy atom. The lowest BCUT2D eigenvalue weighted by Gasteiger charge is -2.40. The highest BCUT2D eigenvalue weighted by Gasteiger charge is 2.40. The average Bonchev–Trinajstić information content (AvgIpc) is 2.63. The molecule has 0 aromatic heterocycles. The lowest BCUT2D eigenvalue weighted by atomic mass is 10.0. The molecule has 0 saturated carbocycles. The van der Waals surface area contributed by atoms with Gasteiger partial charge in [-0.2, -0.15) is 5.01 Å². The zero-order chi connectivity index (χ0) is 22.8. The molecule has 2 aromatic rings. The van der Waals surface area contributed by atoms with Crippen LogP contribution in [-0.4, -0.2) is 45.7 Å². The van der Waals surface area contributed by atoms with E-state index in [2.05, 4.69) is 0 Å². The maximum Gasteiger partial charge on any atom is 0.427 e. The summed E-state index contributed by atoms with van der Waals surface area (Å²) < 4.78 is 5.28. The van der Waals surface area contributed by atoms with E-state index in [-0.39, 0.29) is 11.1 Å². The molecule has 0 fully saturated rings. The van der Waals surface area contributed by atoms with E-state index >= 15 is 0 Å². The number of hydrogen-bond donors (Lipinski definition) is 1. The molecule has 0 unspecified atom stereocenters.